The number of esters is 1. The van der Waals surface area contributed by atoms with Crippen LogP contribution in [0.3, 0.4) is 0 Å². The Kier molecular flexibility index (Phi) is 6.52. The van der Waals surface area contributed by atoms with E-state index in [0.29, 0.717) is 19.5 Å². The third-order valence-electron chi connectivity index (χ3n) is 5.82. The fourth-order valence-electron chi connectivity index (χ4n) is 4.17. The number of aromatic carboxylic acids is 1. The van der Waals surface area contributed by atoms with Gasteiger partial charge in [0.2, 0.25) is 5.43 Å². The van der Waals surface area contributed by atoms with Gasteiger partial charge in [-0.05, 0) is 40.5 Å². The number of carbonyl (C=O) groups is 2. The molecule has 3 aromatic rings. The van der Waals surface area contributed by atoms with Crippen LogP contribution in [0.2, 0.25) is 0 Å². The molecule has 4 rings (SSSR count). The number of nitrogens with two attached hydrogens (primary N) is 2. The number of nitrogens with zero attached hydrogens (tertiary/aromatic N) is 2. The third-order valence-corrected chi connectivity index (χ3v) is 6.57. The van der Waals surface area contributed by atoms with Gasteiger partial charge in [-0.25, -0.2) is 13.6 Å². The number of fused-ring (bicyclic) bond motifs is 1. The van der Waals surface area contributed by atoms with Crippen LogP contribution >= 0.6 is 15.9 Å². The highest BCUT2D eigenvalue weighted by molar-refractivity contribution is 9.10. The number of anilines is 2. The Morgan fingerprint density at radius 2 is 1.97 bits per heavy atom. The molecular formula is C23H21BrF2N4O5. The molecule has 2 aromatic carbocycles. The standard InChI is InChI=1S/C23H21BrF2N4O5/c1-10(31)35-9-11-4-15(25)17(28)6-18(11)30-8-14(23(33)34)22(32)13-5-16(26)21(19(24)20(13)30)29-3-2-12(27)7-29/h4-6,8,12H,2-3,7,9,27-28H2,1H3,(H,33,34). The van der Waals surface area contributed by atoms with Gasteiger partial charge in [0.05, 0.1) is 32.4 Å². The molecule has 9 nitrogen and oxygen atoms in total. The molecule has 0 saturated carbocycles. The first-order chi connectivity index (χ1) is 16.5. The fourth-order valence-corrected chi connectivity index (χ4v) is 5.01. The second-order valence-electron chi connectivity index (χ2n) is 8.24. The highest BCUT2D eigenvalue weighted by Gasteiger charge is 2.28. The zero-order valence-corrected chi connectivity index (χ0v) is 20.1. The smallest absolute Gasteiger partial charge is 0.341 e. The quantitative estimate of drug-likeness (QED) is 0.325. The van der Waals surface area contributed by atoms with Crippen LogP contribution in [-0.2, 0) is 16.1 Å². The zero-order chi connectivity index (χ0) is 25.6. The van der Waals surface area contributed by atoms with Gasteiger partial charge in [0.15, 0.2) is 0 Å². The number of halogens is 3. The van der Waals surface area contributed by atoms with Crippen molar-refractivity contribution in [1.82, 2.24) is 4.57 Å². The van der Waals surface area contributed by atoms with E-state index in [1.54, 1.807) is 4.90 Å². The Morgan fingerprint density at radius 1 is 1.26 bits per heavy atom. The van der Waals surface area contributed by atoms with Crippen molar-refractivity contribution in [3.05, 3.63) is 61.9 Å². The molecule has 1 aliphatic rings. The average molecular weight is 551 g/mol. The number of aromatic nitrogens is 1. The van der Waals surface area contributed by atoms with E-state index in [0.717, 1.165) is 18.3 Å². The van der Waals surface area contributed by atoms with Crippen LogP contribution in [0.5, 0.6) is 0 Å². The van der Waals surface area contributed by atoms with Gasteiger partial charge in [-0.1, -0.05) is 0 Å². The Bertz CT molecular complexity index is 1440. The molecule has 0 radical (unpaired) electrons. The van der Waals surface area contributed by atoms with E-state index in [-0.39, 0.29) is 50.6 Å². The molecular weight excluding hydrogens is 530 g/mol. The molecule has 12 heteroatoms. The lowest BCUT2D eigenvalue weighted by atomic mass is 10.1. The van der Waals surface area contributed by atoms with Crippen LogP contribution < -0.4 is 21.8 Å². The molecule has 1 saturated heterocycles. The third kappa shape index (κ3) is 4.46. The predicted octanol–water partition coefficient (Wildman–Crippen LogP) is 2.91. The summed E-state index contributed by atoms with van der Waals surface area (Å²) in [6.07, 6.45) is 1.69. The van der Waals surface area contributed by atoms with Crippen molar-refractivity contribution in [3.8, 4) is 5.69 Å². The first-order valence-corrected chi connectivity index (χ1v) is 11.3. The first kappa shape index (κ1) is 24.6. The van der Waals surface area contributed by atoms with Gasteiger partial charge in [-0.2, -0.15) is 0 Å². The summed E-state index contributed by atoms with van der Waals surface area (Å²) in [7, 11) is 0. The minimum atomic E-state index is -1.53. The number of benzene rings is 2. The monoisotopic (exact) mass is 550 g/mol. The molecule has 2 heterocycles. The number of carbonyl (C=O) groups excluding carboxylic acids is 1. The van der Waals surface area contributed by atoms with Gasteiger partial charge in [-0.3, -0.25) is 9.59 Å². The second kappa shape index (κ2) is 9.27. The van der Waals surface area contributed by atoms with Crippen LogP contribution in [0.1, 0.15) is 29.3 Å². The van der Waals surface area contributed by atoms with Crippen LogP contribution in [0.15, 0.2) is 33.7 Å². The minimum Gasteiger partial charge on any atom is -0.477 e. The topological polar surface area (TPSA) is 141 Å². The summed E-state index contributed by atoms with van der Waals surface area (Å²) in [5.41, 5.74) is 10.6. The molecule has 1 unspecified atom stereocenters. The number of hydrogen-bond donors (Lipinski definition) is 3. The lowest BCUT2D eigenvalue weighted by molar-refractivity contribution is -0.142. The van der Waals surface area contributed by atoms with Crippen LogP contribution in [0, 0.1) is 11.6 Å². The largest absolute Gasteiger partial charge is 0.477 e. The Balaban J connectivity index is 2.10. The van der Waals surface area contributed by atoms with Crippen LogP contribution in [-0.4, -0.2) is 40.7 Å². The van der Waals surface area contributed by atoms with Crippen molar-refractivity contribution in [2.45, 2.75) is 26.0 Å². The molecule has 5 N–H and O–H groups in total. The summed E-state index contributed by atoms with van der Waals surface area (Å²) >= 11 is 3.41. The van der Waals surface area contributed by atoms with Crippen molar-refractivity contribution in [2.24, 2.45) is 5.73 Å². The predicted molar refractivity (Wildman–Crippen MR) is 129 cm³/mol. The summed E-state index contributed by atoms with van der Waals surface area (Å²) in [4.78, 5) is 38.0. The SMILES string of the molecule is CC(=O)OCc1cc(F)c(N)cc1-n1cc(C(=O)O)c(=O)c2cc(F)c(N3CCC(N)C3)c(Br)c21. The summed E-state index contributed by atoms with van der Waals surface area (Å²) in [5, 5.41) is 9.42. The number of carboxylic acids is 1. The van der Waals surface area contributed by atoms with E-state index in [9.17, 15) is 23.9 Å². The van der Waals surface area contributed by atoms with Gasteiger partial charge in [-0.15, -0.1) is 0 Å². The van der Waals surface area contributed by atoms with Crippen molar-refractivity contribution in [2.75, 3.05) is 23.7 Å². The molecule has 1 atom stereocenters. The Morgan fingerprint density at radius 3 is 2.57 bits per heavy atom. The molecule has 0 aliphatic carbocycles. The lowest BCUT2D eigenvalue weighted by Crippen LogP contribution is -2.27. The number of pyridine rings is 1. The molecule has 0 bridgehead atoms. The van der Waals surface area contributed by atoms with E-state index < -0.39 is 34.6 Å². The lowest BCUT2D eigenvalue weighted by Gasteiger charge is -2.24. The number of ether oxygens (including phenoxy) is 1. The molecule has 0 amide bonds. The maximum atomic E-state index is 15.3. The number of hydrogen-bond acceptors (Lipinski definition) is 7. The van der Waals surface area contributed by atoms with Gasteiger partial charge >= 0.3 is 11.9 Å². The maximum Gasteiger partial charge on any atom is 0.341 e. The minimum absolute atomic E-state index is 0.131. The zero-order valence-electron chi connectivity index (χ0n) is 18.5. The molecule has 1 aliphatic heterocycles. The molecule has 35 heavy (non-hydrogen) atoms. The Hall–Kier alpha value is -3.51. The number of carboxylic acid groups (broad SMARTS) is 1. The summed E-state index contributed by atoms with van der Waals surface area (Å²) < 4.78 is 36.1. The van der Waals surface area contributed by atoms with E-state index in [2.05, 4.69) is 15.9 Å². The van der Waals surface area contributed by atoms with Crippen molar-refractivity contribution >= 4 is 50.1 Å². The van der Waals surface area contributed by atoms with Gasteiger partial charge < -0.3 is 30.8 Å². The molecule has 184 valence electrons. The summed E-state index contributed by atoms with van der Waals surface area (Å²) in [6.45, 7) is 1.67. The van der Waals surface area contributed by atoms with E-state index in [1.807, 2.05) is 0 Å². The normalized spacial score (nSPS) is 15.6. The molecule has 1 aromatic heterocycles. The second-order valence-corrected chi connectivity index (χ2v) is 9.03. The van der Waals surface area contributed by atoms with Crippen molar-refractivity contribution in [3.63, 3.8) is 0 Å². The maximum absolute atomic E-state index is 15.3. The van der Waals surface area contributed by atoms with Crippen molar-refractivity contribution in [1.29, 1.82) is 0 Å². The van der Waals surface area contributed by atoms with Gasteiger partial charge in [0.25, 0.3) is 0 Å². The first-order valence-electron chi connectivity index (χ1n) is 10.5. The van der Waals surface area contributed by atoms with Crippen LogP contribution in [0.25, 0.3) is 16.6 Å². The van der Waals surface area contributed by atoms with E-state index in [1.165, 1.54) is 17.6 Å². The molecule has 1 fully saturated rings. The van der Waals surface area contributed by atoms with E-state index in [4.69, 9.17) is 16.2 Å². The Labute approximate surface area is 206 Å². The van der Waals surface area contributed by atoms with Crippen LogP contribution in [0.4, 0.5) is 20.2 Å². The number of nitrogen functional groups attached to an aromatic ring is 1. The highest BCUT2D eigenvalue weighted by atomic mass is 79.9. The molecule has 0 spiro atoms. The van der Waals surface area contributed by atoms with Gasteiger partial charge in [0, 0.05) is 37.8 Å². The van der Waals surface area contributed by atoms with E-state index >= 15 is 4.39 Å². The fraction of sp³-hybridized carbons (Fsp3) is 0.261. The highest BCUT2D eigenvalue weighted by Crippen LogP contribution is 2.39. The van der Waals surface area contributed by atoms with Crippen molar-refractivity contribution < 1.29 is 28.2 Å². The summed E-state index contributed by atoms with van der Waals surface area (Å²) in [5.74, 6) is -3.67. The number of rotatable bonds is 5. The van der Waals surface area contributed by atoms with Gasteiger partial charge in [0.1, 0.15) is 23.8 Å². The summed E-state index contributed by atoms with van der Waals surface area (Å²) in [6, 6.07) is 3.09. The average Bonchev–Trinajstić information content (AvgIpc) is 3.20.